The third-order valence-corrected chi connectivity index (χ3v) is 3.53. The largest absolute Gasteiger partial charge is 0.418 e. The summed E-state index contributed by atoms with van der Waals surface area (Å²) in [5, 5.41) is 5.19. The molecule has 0 atom stereocenters. The summed E-state index contributed by atoms with van der Waals surface area (Å²) in [7, 11) is 0. The molecule has 2 heterocycles. The number of rotatable bonds is 3. The number of nitrogens with zero attached hydrogens (tertiary/aromatic N) is 1. The van der Waals surface area contributed by atoms with Gasteiger partial charge in [0.2, 0.25) is 5.78 Å². The second-order valence-electron chi connectivity index (χ2n) is 5.16. The molecular weight excluding hydrogens is 339 g/mol. The molecule has 0 spiro atoms. The number of halogens is 3. The molecule has 0 aliphatic carbocycles. The van der Waals surface area contributed by atoms with Crippen molar-refractivity contribution in [2.24, 2.45) is 0 Å². The molecule has 0 radical (unpaired) electrons. The Bertz CT molecular complexity index is 941. The van der Waals surface area contributed by atoms with E-state index >= 15 is 0 Å². The van der Waals surface area contributed by atoms with E-state index in [1.807, 2.05) is 0 Å². The first kappa shape index (κ1) is 16.5. The van der Waals surface area contributed by atoms with E-state index in [1.165, 1.54) is 18.5 Å². The topological polar surface area (TPSA) is 80.2 Å². The highest BCUT2D eigenvalue weighted by Crippen LogP contribution is 2.40. The van der Waals surface area contributed by atoms with Crippen LogP contribution >= 0.6 is 0 Å². The Hall–Kier alpha value is -3.36. The van der Waals surface area contributed by atoms with Gasteiger partial charge in [-0.1, -0.05) is 0 Å². The number of carbonyl (C=O) groups is 2. The Kier molecular flexibility index (Phi) is 3.91. The SMILES string of the molecule is O=CC(=O)C1=CNc2cc(C(F)(F)F)c(-n3ccc(=O)cc3)cc2N1. The van der Waals surface area contributed by atoms with Gasteiger partial charge in [-0.3, -0.25) is 14.4 Å². The summed E-state index contributed by atoms with van der Waals surface area (Å²) in [6, 6.07) is 4.33. The van der Waals surface area contributed by atoms with Crippen LogP contribution in [0.2, 0.25) is 0 Å². The minimum atomic E-state index is -4.64. The lowest BCUT2D eigenvalue weighted by Gasteiger charge is -2.23. The summed E-state index contributed by atoms with van der Waals surface area (Å²) >= 11 is 0. The minimum absolute atomic E-state index is 0.0897. The molecule has 2 N–H and O–H groups in total. The molecule has 1 aliphatic rings. The van der Waals surface area contributed by atoms with Crippen LogP contribution in [0.1, 0.15) is 5.56 Å². The van der Waals surface area contributed by atoms with Crippen LogP contribution in [0.15, 0.2) is 53.4 Å². The normalized spacial score (nSPS) is 13.2. The number of nitrogens with one attached hydrogen (secondary N) is 2. The molecule has 9 heteroatoms. The maximum atomic E-state index is 13.4. The van der Waals surface area contributed by atoms with Crippen LogP contribution in [0.4, 0.5) is 24.5 Å². The fourth-order valence-electron chi connectivity index (χ4n) is 2.35. The third kappa shape index (κ3) is 3.16. The van der Waals surface area contributed by atoms with Gasteiger partial charge in [0, 0.05) is 30.7 Å². The van der Waals surface area contributed by atoms with E-state index in [-0.39, 0.29) is 34.5 Å². The number of carbonyl (C=O) groups excluding carboxylic acids is 2. The molecular formula is C16H10F3N3O3. The standard InChI is InChI=1S/C16H10F3N3O3/c17-16(18,19)10-5-11-12(21-13(7-20-11)15(25)8-23)6-14(10)22-3-1-9(24)2-4-22/h1-8,20-21H. The number of alkyl halides is 3. The lowest BCUT2D eigenvalue weighted by atomic mass is 10.1. The number of hydrogen-bond donors (Lipinski definition) is 2. The summed E-state index contributed by atoms with van der Waals surface area (Å²) in [5.74, 6) is -0.844. The highest BCUT2D eigenvalue weighted by molar-refractivity contribution is 6.34. The fraction of sp³-hybridized carbons (Fsp3) is 0.0625. The van der Waals surface area contributed by atoms with Gasteiger partial charge in [0.1, 0.15) is 5.70 Å². The second-order valence-corrected chi connectivity index (χ2v) is 5.16. The smallest absolute Gasteiger partial charge is 0.358 e. The minimum Gasteiger partial charge on any atom is -0.358 e. The average Bonchev–Trinajstić information content (AvgIpc) is 2.59. The zero-order valence-electron chi connectivity index (χ0n) is 12.4. The number of anilines is 2. The van der Waals surface area contributed by atoms with Crippen molar-refractivity contribution in [3.05, 3.63) is 64.3 Å². The van der Waals surface area contributed by atoms with Gasteiger partial charge in [-0.2, -0.15) is 13.2 Å². The van der Waals surface area contributed by atoms with Crippen molar-refractivity contribution >= 4 is 23.4 Å². The summed E-state index contributed by atoms with van der Waals surface area (Å²) < 4.78 is 41.4. The van der Waals surface area contributed by atoms with Crippen LogP contribution < -0.4 is 16.1 Å². The number of benzene rings is 1. The van der Waals surface area contributed by atoms with Crippen molar-refractivity contribution in [2.45, 2.75) is 6.18 Å². The molecule has 2 aromatic rings. The molecule has 3 rings (SSSR count). The molecule has 0 bridgehead atoms. The van der Waals surface area contributed by atoms with E-state index in [2.05, 4.69) is 10.6 Å². The lowest BCUT2D eigenvalue weighted by Crippen LogP contribution is -2.20. The van der Waals surface area contributed by atoms with Crippen molar-refractivity contribution in [3.63, 3.8) is 0 Å². The molecule has 128 valence electrons. The highest BCUT2D eigenvalue weighted by atomic mass is 19.4. The van der Waals surface area contributed by atoms with Gasteiger partial charge in [-0.05, 0) is 12.1 Å². The first-order valence-electron chi connectivity index (χ1n) is 6.97. The number of hydrogen-bond acceptors (Lipinski definition) is 5. The van der Waals surface area contributed by atoms with Crippen molar-refractivity contribution in [1.29, 1.82) is 0 Å². The van der Waals surface area contributed by atoms with E-state index in [0.717, 1.165) is 29.0 Å². The van der Waals surface area contributed by atoms with Crippen LogP contribution in [0.3, 0.4) is 0 Å². The summed E-state index contributed by atoms with van der Waals surface area (Å²) in [5.41, 5.74) is -1.31. The van der Waals surface area contributed by atoms with Crippen molar-refractivity contribution < 1.29 is 22.8 Å². The lowest BCUT2D eigenvalue weighted by molar-refractivity contribution is -0.137. The quantitative estimate of drug-likeness (QED) is 0.657. The Labute approximate surface area is 138 Å². The Morgan fingerprint density at radius 1 is 1.12 bits per heavy atom. The number of pyridine rings is 1. The second kappa shape index (κ2) is 5.93. The molecule has 0 saturated carbocycles. The molecule has 0 amide bonds. The van der Waals surface area contributed by atoms with Crippen LogP contribution in [0, 0.1) is 0 Å². The molecule has 0 unspecified atom stereocenters. The maximum absolute atomic E-state index is 13.4. The first-order valence-corrected chi connectivity index (χ1v) is 6.97. The van der Waals surface area contributed by atoms with E-state index in [9.17, 15) is 27.6 Å². The molecule has 6 nitrogen and oxygen atoms in total. The van der Waals surface area contributed by atoms with Crippen molar-refractivity contribution in [1.82, 2.24) is 4.57 Å². The molecule has 0 saturated heterocycles. The Morgan fingerprint density at radius 3 is 2.40 bits per heavy atom. The van der Waals surface area contributed by atoms with Crippen LogP contribution in [0.5, 0.6) is 0 Å². The maximum Gasteiger partial charge on any atom is 0.418 e. The van der Waals surface area contributed by atoms with E-state index in [0.29, 0.717) is 0 Å². The van der Waals surface area contributed by atoms with Gasteiger partial charge < -0.3 is 15.2 Å². The van der Waals surface area contributed by atoms with Crippen molar-refractivity contribution in [2.75, 3.05) is 10.6 Å². The molecule has 1 aliphatic heterocycles. The van der Waals surface area contributed by atoms with E-state index in [4.69, 9.17) is 0 Å². The number of allylic oxidation sites excluding steroid dienone is 1. The van der Waals surface area contributed by atoms with Crippen LogP contribution in [-0.4, -0.2) is 16.6 Å². The van der Waals surface area contributed by atoms with E-state index in [1.54, 1.807) is 0 Å². The average molecular weight is 349 g/mol. The number of fused-ring (bicyclic) bond motifs is 1. The monoisotopic (exact) mass is 349 g/mol. The predicted molar refractivity (Wildman–Crippen MR) is 83.4 cm³/mol. The molecule has 1 aromatic carbocycles. The summed E-state index contributed by atoms with van der Waals surface area (Å²) in [6.07, 6.45) is -1.000. The Morgan fingerprint density at radius 2 is 1.80 bits per heavy atom. The van der Waals surface area contributed by atoms with Gasteiger partial charge in [-0.25, -0.2) is 0 Å². The van der Waals surface area contributed by atoms with Gasteiger partial charge >= 0.3 is 6.18 Å². The summed E-state index contributed by atoms with van der Waals surface area (Å²) in [4.78, 5) is 33.2. The number of ketones is 1. The first-order chi connectivity index (χ1) is 11.8. The molecule has 25 heavy (non-hydrogen) atoms. The number of aromatic nitrogens is 1. The van der Waals surface area contributed by atoms with Gasteiger partial charge in [0.15, 0.2) is 11.7 Å². The van der Waals surface area contributed by atoms with Crippen LogP contribution in [0.25, 0.3) is 5.69 Å². The zero-order chi connectivity index (χ0) is 18.2. The Balaban J connectivity index is 2.15. The predicted octanol–water partition coefficient (Wildman–Crippen LogP) is 2.30. The molecule has 0 fully saturated rings. The fourth-order valence-corrected chi connectivity index (χ4v) is 2.35. The highest BCUT2D eigenvalue weighted by Gasteiger charge is 2.35. The van der Waals surface area contributed by atoms with Gasteiger partial charge in [0.25, 0.3) is 0 Å². The number of Topliss-reactive ketones (excluding diaryl/α,β-unsaturated/α-hetero) is 1. The number of aldehydes is 1. The zero-order valence-corrected chi connectivity index (χ0v) is 12.4. The third-order valence-electron chi connectivity index (χ3n) is 3.53. The van der Waals surface area contributed by atoms with Crippen molar-refractivity contribution in [3.8, 4) is 5.69 Å². The molecule has 1 aromatic heterocycles. The van der Waals surface area contributed by atoms with Gasteiger partial charge in [0.05, 0.1) is 22.6 Å². The summed E-state index contributed by atoms with van der Waals surface area (Å²) in [6.45, 7) is 0. The van der Waals surface area contributed by atoms with Gasteiger partial charge in [-0.15, -0.1) is 0 Å². The van der Waals surface area contributed by atoms with E-state index < -0.39 is 17.5 Å². The van der Waals surface area contributed by atoms with Crippen LogP contribution in [-0.2, 0) is 15.8 Å².